The normalized spacial score (nSPS) is 10.1. The van der Waals surface area contributed by atoms with Gasteiger partial charge in [0, 0.05) is 51.0 Å². The molecule has 0 spiro atoms. The first kappa shape index (κ1) is 22.8. The summed E-state index contributed by atoms with van der Waals surface area (Å²) in [5.74, 6) is 0.318. The molecule has 7 heteroatoms. The number of amides is 1. The van der Waals surface area contributed by atoms with Crippen molar-refractivity contribution in [3.8, 4) is 0 Å². The minimum absolute atomic E-state index is 0.171. The molecular formula is C27H23N5OS. The molecule has 0 bridgehead atoms. The van der Waals surface area contributed by atoms with Crippen molar-refractivity contribution in [2.75, 3.05) is 16.4 Å². The lowest BCUT2D eigenvalue weighted by Crippen LogP contribution is -2.11. The summed E-state index contributed by atoms with van der Waals surface area (Å²) in [6.45, 7) is 0. The second-order valence-electron chi connectivity index (χ2n) is 7.21. The summed E-state index contributed by atoms with van der Waals surface area (Å²) in [5, 5.41) is 6.26. The van der Waals surface area contributed by atoms with E-state index in [1.54, 1.807) is 42.5 Å². The zero-order valence-electron chi connectivity index (χ0n) is 18.3. The van der Waals surface area contributed by atoms with Crippen LogP contribution in [0.15, 0.2) is 125 Å². The Morgan fingerprint density at radius 2 is 1.44 bits per heavy atom. The first-order valence-electron chi connectivity index (χ1n) is 10.6. The minimum Gasteiger partial charge on any atom is -0.384 e. The molecular weight excluding hydrogens is 442 g/mol. The molecule has 0 radical (unpaired) electrons. The number of aromatic nitrogens is 2. The van der Waals surface area contributed by atoms with Gasteiger partial charge in [0.25, 0.3) is 5.91 Å². The Hall–Kier alpha value is -4.36. The SMILES string of the molecule is Nc1cc(Sc2ccc(NC(=O)c3ccc(Nc4ccccccncc4)cc3)cc2)ccn1. The van der Waals surface area contributed by atoms with Gasteiger partial charge in [0.05, 0.1) is 0 Å². The Balaban J connectivity index is 1.37. The molecule has 0 atom stereocenters. The number of nitrogens with two attached hydrogens (primary N) is 1. The number of benzene rings is 2. The summed E-state index contributed by atoms with van der Waals surface area (Å²) in [6, 6.07) is 30.2. The highest BCUT2D eigenvalue weighted by Gasteiger charge is 2.07. The van der Waals surface area contributed by atoms with E-state index >= 15 is 0 Å². The Bertz CT molecular complexity index is 1280. The van der Waals surface area contributed by atoms with Crippen molar-refractivity contribution in [2.24, 2.45) is 0 Å². The predicted molar refractivity (Wildman–Crippen MR) is 139 cm³/mol. The topological polar surface area (TPSA) is 92.9 Å². The third kappa shape index (κ3) is 6.82. The van der Waals surface area contributed by atoms with Gasteiger partial charge in [-0.15, -0.1) is 0 Å². The molecule has 0 fully saturated rings. The van der Waals surface area contributed by atoms with E-state index in [9.17, 15) is 4.79 Å². The number of nitrogens with zero attached hydrogens (tertiary/aromatic N) is 2. The van der Waals surface area contributed by atoms with Crippen molar-refractivity contribution >= 4 is 40.5 Å². The quantitative estimate of drug-likeness (QED) is 0.308. The average molecular weight is 466 g/mol. The largest absolute Gasteiger partial charge is 0.384 e. The van der Waals surface area contributed by atoms with Gasteiger partial charge >= 0.3 is 0 Å². The molecule has 0 aliphatic carbocycles. The summed E-state index contributed by atoms with van der Waals surface area (Å²) in [7, 11) is 0. The van der Waals surface area contributed by atoms with Crippen LogP contribution in [0.5, 0.6) is 0 Å². The van der Waals surface area contributed by atoms with Gasteiger partial charge in [0.15, 0.2) is 0 Å². The first-order chi connectivity index (χ1) is 16.7. The van der Waals surface area contributed by atoms with Gasteiger partial charge in [-0.25, -0.2) is 4.98 Å². The van der Waals surface area contributed by atoms with Gasteiger partial charge in [-0.1, -0.05) is 30.0 Å². The van der Waals surface area contributed by atoms with E-state index in [-0.39, 0.29) is 5.91 Å². The summed E-state index contributed by atoms with van der Waals surface area (Å²) >= 11 is 1.58. The number of anilines is 4. The molecule has 4 N–H and O–H groups in total. The van der Waals surface area contributed by atoms with Gasteiger partial charge in [-0.2, -0.15) is 0 Å². The van der Waals surface area contributed by atoms with Crippen LogP contribution in [0.1, 0.15) is 10.4 Å². The van der Waals surface area contributed by atoms with Crippen LogP contribution in [0.3, 0.4) is 0 Å². The van der Waals surface area contributed by atoms with E-state index in [2.05, 4.69) is 20.6 Å². The summed E-state index contributed by atoms with van der Waals surface area (Å²) in [5.41, 5.74) is 8.78. The summed E-state index contributed by atoms with van der Waals surface area (Å²) in [4.78, 5) is 22.9. The van der Waals surface area contributed by atoms with Gasteiger partial charge in [-0.05, 0) is 78.9 Å². The predicted octanol–water partition coefficient (Wildman–Crippen LogP) is 6.33. The Kier molecular flexibility index (Phi) is 7.71. The second kappa shape index (κ2) is 11.5. The highest BCUT2D eigenvalue weighted by Crippen LogP contribution is 2.29. The van der Waals surface area contributed by atoms with Crippen molar-refractivity contribution < 1.29 is 4.79 Å². The maximum atomic E-state index is 12.7. The van der Waals surface area contributed by atoms with Crippen molar-refractivity contribution in [3.05, 3.63) is 121 Å². The molecule has 168 valence electrons. The molecule has 4 aromatic rings. The van der Waals surface area contributed by atoms with Gasteiger partial charge in [-0.3, -0.25) is 9.78 Å². The number of hydrogen-bond acceptors (Lipinski definition) is 6. The third-order valence-corrected chi connectivity index (χ3v) is 5.66. The fraction of sp³-hybridized carbons (Fsp3) is 0. The van der Waals surface area contributed by atoms with Crippen LogP contribution in [0.2, 0.25) is 0 Å². The molecule has 0 saturated heterocycles. The van der Waals surface area contributed by atoms with Crippen LogP contribution in [0, 0.1) is 0 Å². The lowest BCUT2D eigenvalue weighted by molar-refractivity contribution is 0.102. The molecule has 0 aliphatic heterocycles. The van der Waals surface area contributed by atoms with Crippen LogP contribution < -0.4 is 16.4 Å². The number of carbonyl (C=O) groups excluding carboxylic acids is 1. The van der Waals surface area contributed by atoms with Crippen molar-refractivity contribution in [3.63, 3.8) is 0 Å². The van der Waals surface area contributed by atoms with E-state index in [0.717, 1.165) is 26.9 Å². The summed E-state index contributed by atoms with van der Waals surface area (Å²) < 4.78 is 0. The van der Waals surface area contributed by atoms with Crippen LogP contribution in [0.4, 0.5) is 22.9 Å². The lowest BCUT2D eigenvalue weighted by Gasteiger charge is -2.09. The van der Waals surface area contributed by atoms with Crippen LogP contribution >= 0.6 is 11.8 Å². The number of pyridine rings is 1. The number of carbonyl (C=O) groups is 1. The molecule has 4 rings (SSSR count). The van der Waals surface area contributed by atoms with Crippen molar-refractivity contribution in [1.82, 2.24) is 9.97 Å². The standard InChI is InChI=1S/C27H23N5OS/c28-26-19-25(15-18-30-26)34-24-12-10-23(11-13-24)32-27(33)20-6-8-22(9-7-20)31-21-5-3-1-2-4-16-29-17-14-21/h1-19,31H,(H2,28,30)(H,32,33). The molecule has 1 amide bonds. The fourth-order valence-electron chi connectivity index (χ4n) is 3.01. The molecule has 2 heterocycles. The van der Waals surface area contributed by atoms with E-state index in [1.807, 2.05) is 84.9 Å². The zero-order chi connectivity index (χ0) is 23.6. The highest BCUT2D eigenvalue weighted by molar-refractivity contribution is 7.99. The van der Waals surface area contributed by atoms with Crippen LogP contribution in [0.25, 0.3) is 0 Å². The number of rotatable bonds is 6. The maximum absolute atomic E-state index is 12.7. The van der Waals surface area contributed by atoms with E-state index < -0.39 is 0 Å². The smallest absolute Gasteiger partial charge is 0.255 e. The Morgan fingerprint density at radius 1 is 0.706 bits per heavy atom. The zero-order valence-corrected chi connectivity index (χ0v) is 19.1. The fourth-order valence-corrected chi connectivity index (χ4v) is 3.86. The average Bonchev–Trinajstić information content (AvgIpc) is 2.85. The maximum Gasteiger partial charge on any atom is 0.255 e. The number of nitrogen functional groups attached to an aromatic ring is 1. The Morgan fingerprint density at radius 3 is 2.24 bits per heavy atom. The second-order valence-corrected chi connectivity index (χ2v) is 8.35. The van der Waals surface area contributed by atoms with E-state index in [0.29, 0.717) is 11.4 Å². The third-order valence-electron chi connectivity index (χ3n) is 4.66. The van der Waals surface area contributed by atoms with Gasteiger partial charge < -0.3 is 16.4 Å². The van der Waals surface area contributed by atoms with E-state index in [1.165, 1.54) is 0 Å². The molecule has 2 aromatic carbocycles. The number of hydrogen-bond donors (Lipinski definition) is 3. The molecule has 34 heavy (non-hydrogen) atoms. The first-order valence-corrected chi connectivity index (χ1v) is 11.4. The van der Waals surface area contributed by atoms with Crippen LogP contribution in [-0.2, 0) is 0 Å². The summed E-state index contributed by atoms with van der Waals surface area (Å²) in [6.07, 6.45) is 5.13. The van der Waals surface area contributed by atoms with Gasteiger partial charge in [0.2, 0.25) is 0 Å². The highest BCUT2D eigenvalue weighted by atomic mass is 32.2. The Labute approximate surface area is 202 Å². The van der Waals surface area contributed by atoms with Crippen molar-refractivity contribution in [1.29, 1.82) is 0 Å². The van der Waals surface area contributed by atoms with Gasteiger partial charge in [0.1, 0.15) is 5.82 Å². The van der Waals surface area contributed by atoms with Crippen LogP contribution in [-0.4, -0.2) is 15.9 Å². The molecule has 0 saturated carbocycles. The molecule has 6 nitrogen and oxygen atoms in total. The van der Waals surface area contributed by atoms with Crippen molar-refractivity contribution in [2.45, 2.75) is 9.79 Å². The minimum atomic E-state index is -0.171. The molecule has 0 unspecified atom stereocenters. The monoisotopic (exact) mass is 465 g/mol. The number of nitrogens with one attached hydrogen (secondary N) is 2. The van der Waals surface area contributed by atoms with E-state index in [4.69, 9.17) is 5.73 Å². The lowest BCUT2D eigenvalue weighted by atomic mass is 10.2. The molecule has 2 aromatic heterocycles. The molecule has 0 aliphatic rings.